The second kappa shape index (κ2) is 7.66. The topological polar surface area (TPSA) is 75.6 Å². The fourth-order valence-corrected chi connectivity index (χ4v) is 2.14. The van der Waals surface area contributed by atoms with E-state index in [2.05, 4.69) is 5.32 Å². The lowest BCUT2D eigenvalue weighted by Crippen LogP contribution is -2.21. The zero-order valence-electron chi connectivity index (χ0n) is 13.2. The molecule has 0 aliphatic carbocycles. The Labute approximate surface area is 144 Å². The Kier molecular flexibility index (Phi) is 5.60. The molecule has 0 spiro atoms. The van der Waals surface area contributed by atoms with E-state index in [9.17, 15) is 14.7 Å². The van der Waals surface area contributed by atoms with Gasteiger partial charge in [0.1, 0.15) is 11.5 Å². The van der Waals surface area contributed by atoms with Gasteiger partial charge in [0.05, 0.1) is 7.11 Å². The molecule has 0 radical (unpaired) electrons. The zero-order chi connectivity index (χ0) is 17.7. The van der Waals surface area contributed by atoms with Crippen LogP contribution in [0.15, 0.2) is 48.5 Å². The molecular weight excluding hydrogens is 330 g/mol. The first-order valence-corrected chi connectivity index (χ1v) is 7.45. The van der Waals surface area contributed by atoms with Gasteiger partial charge >= 0.3 is 0 Å². The summed E-state index contributed by atoms with van der Waals surface area (Å²) in [6, 6.07) is 11.5. The Bertz CT molecular complexity index is 814. The number of hydrogen-bond acceptors (Lipinski definition) is 4. The molecule has 0 unspecified atom stereocenters. The minimum absolute atomic E-state index is 0.322. The number of anilines is 1. The van der Waals surface area contributed by atoms with Crippen LogP contribution in [0.2, 0.25) is 5.02 Å². The Morgan fingerprint density at radius 2 is 1.96 bits per heavy atom. The van der Waals surface area contributed by atoms with Gasteiger partial charge in [-0.1, -0.05) is 29.8 Å². The molecule has 0 bridgehead atoms. The van der Waals surface area contributed by atoms with Crippen molar-refractivity contribution < 1.29 is 19.4 Å². The molecule has 2 rings (SSSR count). The maximum absolute atomic E-state index is 12.0. The highest BCUT2D eigenvalue weighted by Crippen LogP contribution is 2.21. The molecule has 2 aromatic rings. The van der Waals surface area contributed by atoms with Gasteiger partial charge in [0.25, 0.3) is 5.91 Å². The third-order valence-electron chi connectivity index (χ3n) is 3.30. The average molecular weight is 346 g/mol. The maximum Gasteiger partial charge on any atom is 0.296 e. The van der Waals surface area contributed by atoms with Gasteiger partial charge in [0.15, 0.2) is 0 Å². The summed E-state index contributed by atoms with van der Waals surface area (Å²) in [5, 5.41) is 12.9. The Balaban J connectivity index is 2.15. The first-order valence-electron chi connectivity index (χ1n) is 7.07. The monoisotopic (exact) mass is 345 g/mol. The lowest BCUT2D eigenvalue weighted by molar-refractivity contribution is -0.131. The SMILES string of the molecule is COc1cccc(/C(O)=C\C(=O)C(=O)Nc2cc(Cl)ccc2C)c1. The van der Waals surface area contributed by atoms with E-state index in [0.29, 0.717) is 22.0 Å². The number of carbonyl (C=O) groups is 2. The van der Waals surface area contributed by atoms with E-state index in [4.69, 9.17) is 16.3 Å². The Morgan fingerprint density at radius 3 is 2.67 bits per heavy atom. The number of ether oxygens (including phenoxy) is 1. The summed E-state index contributed by atoms with van der Waals surface area (Å²) in [7, 11) is 1.49. The number of amides is 1. The summed E-state index contributed by atoms with van der Waals surface area (Å²) in [6.45, 7) is 1.78. The van der Waals surface area contributed by atoms with Crippen LogP contribution in [0.5, 0.6) is 5.75 Å². The molecule has 0 heterocycles. The van der Waals surface area contributed by atoms with Crippen molar-refractivity contribution in [3.63, 3.8) is 0 Å². The normalized spacial score (nSPS) is 11.0. The molecule has 2 N–H and O–H groups in total. The molecule has 0 fully saturated rings. The first-order chi connectivity index (χ1) is 11.4. The summed E-state index contributed by atoms with van der Waals surface area (Å²) in [6.07, 6.45) is 0.865. The van der Waals surface area contributed by atoms with Crippen LogP contribution in [-0.2, 0) is 9.59 Å². The first kappa shape index (κ1) is 17.6. The van der Waals surface area contributed by atoms with Gasteiger partial charge in [-0.15, -0.1) is 0 Å². The van der Waals surface area contributed by atoms with E-state index in [1.807, 2.05) is 0 Å². The number of nitrogens with one attached hydrogen (secondary N) is 1. The fraction of sp³-hybridized carbons (Fsp3) is 0.111. The maximum atomic E-state index is 12.0. The largest absolute Gasteiger partial charge is 0.507 e. The van der Waals surface area contributed by atoms with Gasteiger partial charge in [-0.2, -0.15) is 0 Å². The van der Waals surface area contributed by atoms with Crippen LogP contribution < -0.4 is 10.1 Å². The van der Waals surface area contributed by atoms with Crippen molar-refractivity contribution in [3.05, 3.63) is 64.7 Å². The van der Waals surface area contributed by atoms with E-state index in [-0.39, 0.29) is 5.76 Å². The number of aryl methyl sites for hydroxylation is 1. The van der Waals surface area contributed by atoms with Crippen LogP contribution in [0, 0.1) is 6.92 Å². The minimum atomic E-state index is -0.880. The van der Waals surface area contributed by atoms with Gasteiger partial charge < -0.3 is 15.2 Å². The highest BCUT2D eigenvalue weighted by atomic mass is 35.5. The molecule has 0 aliphatic rings. The molecule has 24 heavy (non-hydrogen) atoms. The van der Waals surface area contributed by atoms with E-state index in [1.54, 1.807) is 49.4 Å². The molecule has 1 amide bonds. The van der Waals surface area contributed by atoms with Gasteiger partial charge in [-0.05, 0) is 36.8 Å². The number of ketones is 1. The van der Waals surface area contributed by atoms with Crippen molar-refractivity contribution in [2.75, 3.05) is 12.4 Å². The minimum Gasteiger partial charge on any atom is -0.507 e. The van der Waals surface area contributed by atoms with Crippen molar-refractivity contribution in [2.45, 2.75) is 6.92 Å². The van der Waals surface area contributed by atoms with E-state index in [1.165, 1.54) is 7.11 Å². The van der Waals surface area contributed by atoms with Crippen LogP contribution in [0.3, 0.4) is 0 Å². The quantitative estimate of drug-likeness (QED) is 0.491. The molecule has 0 saturated heterocycles. The summed E-state index contributed by atoms with van der Waals surface area (Å²) in [5.74, 6) is -1.54. The molecule has 6 heteroatoms. The molecule has 0 aliphatic heterocycles. The number of benzene rings is 2. The molecule has 2 aromatic carbocycles. The van der Waals surface area contributed by atoms with Crippen molar-refractivity contribution >= 4 is 34.7 Å². The third-order valence-corrected chi connectivity index (χ3v) is 3.54. The van der Waals surface area contributed by atoms with E-state index >= 15 is 0 Å². The second-order valence-electron chi connectivity index (χ2n) is 5.04. The third kappa shape index (κ3) is 4.36. The van der Waals surface area contributed by atoms with Crippen molar-refractivity contribution in [1.29, 1.82) is 0 Å². The standard InChI is InChI=1S/C18H16ClNO4/c1-11-6-7-13(19)9-15(11)20-18(23)17(22)10-16(21)12-4-3-5-14(8-12)24-2/h3-10,21H,1-2H3,(H,20,23)/b16-10+. The molecule has 0 saturated carbocycles. The van der Waals surface area contributed by atoms with Crippen LogP contribution in [0.25, 0.3) is 5.76 Å². The molecule has 0 aromatic heterocycles. The number of methoxy groups -OCH3 is 1. The fourth-order valence-electron chi connectivity index (χ4n) is 1.97. The highest BCUT2D eigenvalue weighted by molar-refractivity contribution is 6.45. The van der Waals surface area contributed by atoms with Crippen LogP contribution in [0.1, 0.15) is 11.1 Å². The average Bonchev–Trinajstić information content (AvgIpc) is 2.58. The summed E-state index contributed by atoms with van der Waals surface area (Å²) < 4.78 is 5.05. The molecule has 0 atom stereocenters. The van der Waals surface area contributed by atoms with Gasteiger partial charge in [0, 0.05) is 22.3 Å². The Morgan fingerprint density at radius 1 is 1.21 bits per heavy atom. The lowest BCUT2D eigenvalue weighted by atomic mass is 10.1. The number of aliphatic hydroxyl groups excluding tert-OH is 1. The summed E-state index contributed by atoms with van der Waals surface area (Å²) in [5.41, 5.74) is 1.58. The van der Waals surface area contributed by atoms with Crippen LogP contribution in [0.4, 0.5) is 5.69 Å². The zero-order valence-corrected chi connectivity index (χ0v) is 13.9. The predicted molar refractivity (Wildman–Crippen MR) is 93.4 cm³/mol. The van der Waals surface area contributed by atoms with Crippen LogP contribution in [-0.4, -0.2) is 23.9 Å². The van der Waals surface area contributed by atoms with Crippen molar-refractivity contribution in [3.8, 4) is 5.75 Å². The highest BCUT2D eigenvalue weighted by Gasteiger charge is 2.14. The van der Waals surface area contributed by atoms with E-state index in [0.717, 1.165) is 11.6 Å². The molecule has 124 valence electrons. The lowest BCUT2D eigenvalue weighted by Gasteiger charge is -2.07. The van der Waals surface area contributed by atoms with E-state index < -0.39 is 11.7 Å². The number of rotatable bonds is 5. The van der Waals surface area contributed by atoms with Gasteiger partial charge in [0.2, 0.25) is 5.78 Å². The Hall–Kier alpha value is -2.79. The van der Waals surface area contributed by atoms with Crippen molar-refractivity contribution in [1.82, 2.24) is 0 Å². The number of hydrogen-bond donors (Lipinski definition) is 2. The second-order valence-corrected chi connectivity index (χ2v) is 5.48. The van der Waals surface area contributed by atoms with Gasteiger partial charge in [-0.25, -0.2) is 0 Å². The smallest absolute Gasteiger partial charge is 0.296 e. The molecular formula is C18H16ClNO4. The number of carbonyl (C=O) groups excluding carboxylic acids is 2. The number of halogens is 1. The summed E-state index contributed by atoms with van der Waals surface area (Å²) in [4.78, 5) is 24.0. The number of aliphatic hydroxyl groups is 1. The van der Waals surface area contributed by atoms with Crippen LogP contribution >= 0.6 is 11.6 Å². The summed E-state index contributed by atoms with van der Waals surface area (Å²) >= 11 is 5.87. The molecule has 5 nitrogen and oxygen atoms in total. The predicted octanol–water partition coefficient (Wildman–Crippen LogP) is 3.76. The van der Waals surface area contributed by atoms with Crippen molar-refractivity contribution in [2.24, 2.45) is 0 Å². The van der Waals surface area contributed by atoms with Gasteiger partial charge in [-0.3, -0.25) is 9.59 Å².